The molecule has 3 aromatic heterocycles. The van der Waals surface area contributed by atoms with Crippen molar-refractivity contribution in [2.75, 3.05) is 205 Å². The van der Waals surface area contributed by atoms with Gasteiger partial charge in [0.1, 0.15) is 57.7 Å². The van der Waals surface area contributed by atoms with E-state index in [1.165, 1.54) is 0 Å². The van der Waals surface area contributed by atoms with Gasteiger partial charge in [0.25, 0.3) is 0 Å². The smallest absolute Gasteiger partial charge is 0.220 e. The van der Waals surface area contributed by atoms with Gasteiger partial charge >= 0.3 is 0 Å². The maximum absolute atomic E-state index is 13.6. The zero-order chi connectivity index (χ0) is 73.5. The lowest BCUT2D eigenvalue weighted by atomic mass is 9.86. The van der Waals surface area contributed by atoms with E-state index >= 15 is 0 Å². The summed E-state index contributed by atoms with van der Waals surface area (Å²) >= 11 is 0. The second kappa shape index (κ2) is 43.8. The third-order valence-electron chi connectivity index (χ3n) is 18.5. The average molecular weight is 1490 g/mol. The number of hydrogen-bond acceptors (Lipinski definition) is 35. The van der Waals surface area contributed by atoms with Gasteiger partial charge in [0.2, 0.25) is 5.91 Å². The molecule has 0 spiro atoms. The van der Waals surface area contributed by atoms with Gasteiger partial charge in [-0.15, -0.1) is 15.3 Å². The number of fused-ring (bicyclic) bond motifs is 6. The third kappa shape index (κ3) is 25.2. The first-order chi connectivity index (χ1) is 50.6. The topological polar surface area (TPSA) is 462 Å². The Bertz CT molecular complexity index is 2590. The van der Waals surface area contributed by atoms with Gasteiger partial charge in [-0.1, -0.05) is 36.4 Å². The van der Waals surface area contributed by atoms with Crippen molar-refractivity contribution in [3.05, 3.63) is 35.7 Å². The number of ether oxygens (including phenoxy) is 21. The molecule has 6 aliphatic heterocycles. The quantitative estimate of drug-likeness (QED) is 0.0248. The van der Waals surface area contributed by atoms with E-state index in [-0.39, 0.29) is 129 Å². The van der Waals surface area contributed by atoms with Gasteiger partial charge in [-0.25, -0.2) is 14.0 Å². The predicted octanol–water partition coefficient (Wildman–Crippen LogP) is -4.35. The zero-order valence-corrected chi connectivity index (χ0v) is 60.0. The van der Waals surface area contributed by atoms with Crippen molar-refractivity contribution in [2.24, 2.45) is 23.5 Å². The molecule has 594 valence electrons. The maximum Gasteiger partial charge on any atom is 0.220 e. The van der Waals surface area contributed by atoms with Crippen LogP contribution in [0, 0.1) is 17.8 Å². The van der Waals surface area contributed by atoms with Crippen molar-refractivity contribution >= 4 is 5.91 Å². The molecule has 104 heavy (non-hydrogen) atoms. The van der Waals surface area contributed by atoms with E-state index in [2.05, 4.69) is 36.3 Å². The van der Waals surface area contributed by atoms with E-state index in [1.807, 2.05) is 0 Å². The fraction of sp³-hybridized carbons (Fsp3) is 0.892. The average Bonchev–Trinajstić information content (AvgIpc) is 1.61. The van der Waals surface area contributed by atoms with Crippen LogP contribution < -0.4 is 11.1 Å². The van der Waals surface area contributed by atoms with Crippen molar-refractivity contribution in [1.29, 1.82) is 0 Å². The second-order valence-electron chi connectivity index (χ2n) is 26.8. The van der Waals surface area contributed by atoms with E-state index in [0.717, 1.165) is 0 Å². The predicted molar refractivity (Wildman–Crippen MR) is 352 cm³/mol. The number of amides is 1. The molecule has 6 aliphatic rings. The van der Waals surface area contributed by atoms with Crippen LogP contribution in [0.4, 0.5) is 0 Å². The van der Waals surface area contributed by atoms with Crippen LogP contribution in [0.15, 0.2) is 18.6 Å². The van der Waals surface area contributed by atoms with E-state index in [0.29, 0.717) is 169 Å². The zero-order valence-electron chi connectivity index (χ0n) is 60.0. The number of nitrogens with two attached hydrogens (primary N) is 1. The molecule has 9 N–H and O–H groups in total. The summed E-state index contributed by atoms with van der Waals surface area (Å²) in [6.07, 6.45) is -2.11. The van der Waals surface area contributed by atoms with Crippen molar-refractivity contribution in [1.82, 2.24) is 50.3 Å². The van der Waals surface area contributed by atoms with Gasteiger partial charge < -0.3 is 141 Å². The van der Waals surface area contributed by atoms with Crippen LogP contribution in [0.5, 0.6) is 0 Å². The first-order valence-corrected chi connectivity index (χ1v) is 35.9. The molecule has 9 rings (SSSR count). The van der Waals surface area contributed by atoms with E-state index in [1.54, 1.807) is 53.4 Å². The van der Waals surface area contributed by atoms with E-state index in [4.69, 9.17) is 105 Å². The van der Waals surface area contributed by atoms with Gasteiger partial charge in [-0.2, -0.15) is 0 Å². The van der Waals surface area contributed by atoms with E-state index in [9.17, 15) is 35.4 Å². The minimum Gasteiger partial charge on any atom is -0.390 e. The number of aromatic nitrogens is 9. The largest absolute Gasteiger partial charge is 0.390 e. The SMILES string of the molecule is C[C@H]1[C@H]2OC[C@](COCCOCCOCCOCCn3cc(COCC(COCc4cn(CCOCCOCCOCCOC[C@@]56CO[C@@H](O5)[C@H](C)[C@@H](O)[C@H]6O)nn4)(COCc4cn(CCOCCOCCOCCOC[C@@]56CO[C@@H](O5)[C@H](C)[C@@H](O)[C@H]6O)nn4)NC(=O)CCCN)nn3)(O2)[C@H](O)[C@@H]1O. The molecule has 39 heteroatoms. The molecule has 15 atom stereocenters. The lowest BCUT2D eigenvalue weighted by Crippen LogP contribution is -2.60. The van der Waals surface area contributed by atoms with Crippen LogP contribution in [-0.4, -0.2) is 364 Å². The summed E-state index contributed by atoms with van der Waals surface area (Å²) in [6.45, 7) is 14.3. The van der Waals surface area contributed by atoms with Crippen LogP contribution in [0.25, 0.3) is 0 Å². The highest BCUT2D eigenvalue weighted by Crippen LogP contribution is 2.42. The number of aliphatic hydroxyl groups excluding tert-OH is 6. The van der Waals surface area contributed by atoms with Gasteiger partial charge in [0.15, 0.2) is 18.9 Å². The van der Waals surface area contributed by atoms with Crippen LogP contribution in [0.3, 0.4) is 0 Å². The van der Waals surface area contributed by atoms with Gasteiger partial charge in [-0.05, 0) is 13.0 Å². The summed E-state index contributed by atoms with van der Waals surface area (Å²) in [7, 11) is 0. The Morgan fingerprint density at radius 1 is 0.442 bits per heavy atom. The fourth-order valence-electron chi connectivity index (χ4n) is 12.2. The van der Waals surface area contributed by atoms with E-state index < -0.39 is 77.8 Å². The summed E-state index contributed by atoms with van der Waals surface area (Å²) < 4.78 is 126. The Labute approximate surface area is 604 Å². The van der Waals surface area contributed by atoms with Crippen LogP contribution in [-0.2, 0) is 144 Å². The molecule has 39 nitrogen and oxygen atoms in total. The lowest BCUT2D eigenvalue weighted by molar-refractivity contribution is -0.249. The molecule has 6 saturated heterocycles. The van der Waals surface area contributed by atoms with Crippen LogP contribution in [0.1, 0.15) is 50.7 Å². The molecule has 0 radical (unpaired) electrons. The molecular formula is C65H111N11O28. The molecule has 6 fully saturated rings. The Hall–Kier alpha value is -4.23. The first kappa shape index (κ1) is 83.8. The standard InChI is InChI=1S/C65H111N11O28/c1-46-53(78)56(81)63(43-99-59(46)102-63)40-93-28-25-90-22-19-87-16-13-84-10-7-74-31-49(68-71-74)34-96-37-62(67-52(77)5-4-6-66,38-97-35-50-32-75(72-69-50)8-11-85-14-17-88-20-23-91-26-29-94-41-64-44-100-60(103-64)47(2)54(79)57(64)82)39-98-36-51-33-76(73-70-51)9-12-86-15-18-89-21-24-92-27-30-95-42-65-45-101-61(104-65)48(3)55(80)58(65)83/h31-33,46-48,53-61,78-83H,4-30,34-45,66H2,1-3H3,(H,67,77)/t46-,47-,48-,53-,54-,55-,56-,57-,58-,59+,60+,61+,63+,64+,65+/m1/s1. The monoisotopic (exact) mass is 1490 g/mol. The third-order valence-corrected chi connectivity index (χ3v) is 18.5. The summed E-state index contributed by atoms with van der Waals surface area (Å²) in [5.41, 5.74) is 2.89. The molecular weight excluding hydrogens is 1380 g/mol. The Kier molecular flexibility index (Phi) is 35.3. The number of aliphatic hydroxyl groups is 6. The maximum atomic E-state index is 13.6. The second-order valence-corrected chi connectivity index (χ2v) is 26.8. The Morgan fingerprint density at radius 3 is 0.990 bits per heavy atom. The van der Waals surface area contributed by atoms with Crippen molar-refractivity contribution in [3.8, 4) is 0 Å². The molecule has 0 saturated carbocycles. The normalized spacial score (nSPS) is 28.7. The summed E-state index contributed by atoms with van der Waals surface area (Å²) in [4.78, 5) is 13.6. The molecule has 3 aromatic rings. The summed E-state index contributed by atoms with van der Waals surface area (Å²) in [6, 6.07) is 0. The van der Waals surface area contributed by atoms with Crippen molar-refractivity contribution in [2.45, 2.75) is 151 Å². The van der Waals surface area contributed by atoms with Crippen LogP contribution in [0.2, 0.25) is 0 Å². The molecule has 0 aliphatic carbocycles. The molecule has 1 amide bonds. The van der Waals surface area contributed by atoms with Crippen molar-refractivity contribution in [3.63, 3.8) is 0 Å². The Morgan fingerprint density at radius 2 is 0.712 bits per heavy atom. The molecule has 6 bridgehead atoms. The molecule has 0 unspecified atom stereocenters. The van der Waals surface area contributed by atoms with Crippen LogP contribution >= 0.6 is 0 Å². The minimum atomic E-state index is -1.24. The molecule has 0 aromatic carbocycles. The van der Waals surface area contributed by atoms with Gasteiger partial charge in [0.05, 0.1) is 275 Å². The highest BCUT2D eigenvalue weighted by atomic mass is 16.8. The lowest BCUT2D eigenvalue weighted by Gasteiger charge is -2.41. The molecule has 9 heterocycles. The summed E-state index contributed by atoms with van der Waals surface area (Å²) in [5.74, 6) is -1.31. The van der Waals surface area contributed by atoms with Crippen molar-refractivity contribution < 1.29 is 135 Å². The first-order valence-electron chi connectivity index (χ1n) is 35.9. The number of carbonyl (C=O) groups is 1. The summed E-state index contributed by atoms with van der Waals surface area (Å²) in [5, 5.41) is 91.5. The minimum absolute atomic E-state index is 0.0331. The number of nitrogens with zero attached hydrogens (tertiary/aromatic N) is 9. The number of carbonyl (C=O) groups excluding carboxylic acids is 1. The highest BCUT2D eigenvalue weighted by molar-refractivity contribution is 5.76. The fourth-order valence-corrected chi connectivity index (χ4v) is 12.2. The number of nitrogens with one attached hydrogen (secondary N) is 1. The highest BCUT2D eigenvalue weighted by Gasteiger charge is 2.60. The Balaban J connectivity index is 0.652. The van der Waals surface area contributed by atoms with Gasteiger partial charge in [0, 0.05) is 24.2 Å². The van der Waals surface area contributed by atoms with Gasteiger partial charge in [-0.3, -0.25) is 4.79 Å². The number of rotatable bonds is 58. The number of hydrogen-bond donors (Lipinski definition) is 8.